The summed E-state index contributed by atoms with van der Waals surface area (Å²) in [6, 6.07) is 11.5. The Balaban J connectivity index is 0.000000285. The van der Waals surface area contributed by atoms with Crippen LogP contribution in [0.25, 0.3) is 0 Å². The Bertz CT molecular complexity index is 2500. The first-order valence-electron chi connectivity index (χ1n) is 24.1. The molecule has 0 aromatic heterocycles. The summed E-state index contributed by atoms with van der Waals surface area (Å²) in [5.41, 5.74) is -3.12. The minimum Gasteiger partial charge on any atom is -0.480 e. The van der Waals surface area contributed by atoms with E-state index in [1.54, 1.807) is 0 Å². The fourth-order valence-corrected chi connectivity index (χ4v) is 8.94. The van der Waals surface area contributed by atoms with Crippen molar-refractivity contribution < 1.29 is 150 Å². The van der Waals surface area contributed by atoms with E-state index in [2.05, 4.69) is 0 Å². The van der Waals surface area contributed by atoms with Gasteiger partial charge in [0.05, 0.1) is 22.3 Å². The van der Waals surface area contributed by atoms with Crippen molar-refractivity contribution >= 4 is 47.5 Å². The van der Waals surface area contributed by atoms with Gasteiger partial charge in [0.25, 0.3) is 23.6 Å². The Morgan fingerprint density at radius 2 is 0.451 bits per heavy atom. The number of halogens is 12. The van der Waals surface area contributed by atoms with E-state index in [-0.39, 0.29) is 61.2 Å². The van der Waals surface area contributed by atoms with Crippen LogP contribution in [-0.2, 0) is 82.8 Å². The Labute approximate surface area is 483 Å². The molecule has 2 radical (unpaired) electrons. The van der Waals surface area contributed by atoms with E-state index in [1.807, 2.05) is 0 Å². The van der Waals surface area contributed by atoms with Crippen molar-refractivity contribution in [3.05, 3.63) is 142 Å². The topological polar surface area (TPSA) is 230 Å². The third kappa shape index (κ3) is 18.0. The average Bonchev–Trinajstić information content (AvgIpc) is 4.26. The molecule has 16 nitrogen and oxygen atoms in total. The van der Waals surface area contributed by atoms with E-state index in [0.29, 0.717) is 77.5 Å². The standard InChI is InChI=1S/4C13H12F3NO3.2Rh/c4*14-13(15,16)9-5-3-8(4-6-9)11(18)17-7-1-2-10(17)12(19)20;;/h4*3-6,10H,1-2,7H2,(H,19,20);;/t4*10-;;/m0000../s1. The van der Waals surface area contributed by atoms with Gasteiger partial charge in [0.15, 0.2) is 0 Å². The van der Waals surface area contributed by atoms with Crippen LogP contribution in [0.3, 0.4) is 0 Å². The molecular formula is C52H48F12N4O12Rh2. The predicted octanol–water partition coefficient (Wildman–Crippen LogP) is 9.57. The Morgan fingerprint density at radius 1 is 0.305 bits per heavy atom. The summed E-state index contributed by atoms with van der Waals surface area (Å²) in [5, 5.41) is 36.0. The van der Waals surface area contributed by atoms with Crippen LogP contribution >= 0.6 is 0 Å². The number of nitrogens with zero attached hydrogens (tertiary/aromatic N) is 4. The molecule has 0 unspecified atom stereocenters. The molecule has 450 valence electrons. The monoisotopic (exact) mass is 1350 g/mol. The largest absolute Gasteiger partial charge is 0.480 e. The van der Waals surface area contributed by atoms with Gasteiger partial charge in [-0.2, -0.15) is 52.7 Å². The van der Waals surface area contributed by atoms with Crippen LogP contribution in [0.4, 0.5) is 52.7 Å². The molecule has 0 bridgehead atoms. The van der Waals surface area contributed by atoms with Crippen LogP contribution in [0, 0.1) is 0 Å². The summed E-state index contributed by atoms with van der Waals surface area (Å²) in [6.07, 6.45) is -14.1. The van der Waals surface area contributed by atoms with Gasteiger partial charge >= 0.3 is 48.6 Å². The number of aliphatic carboxylic acids is 4. The van der Waals surface area contributed by atoms with Crippen molar-refractivity contribution in [1.29, 1.82) is 0 Å². The number of hydrogen-bond donors (Lipinski definition) is 4. The number of amides is 4. The van der Waals surface area contributed by atoms with E-state index in [4.69, 9.17) is 20.4 Å². The summed E-state index contributed by atoms with van der Waals surface area (Å²) in [7, 11) is 0. The van der Waals surface area contributed by atoms with Crippen molar-refractivity contribution in [2.75, 3.05) is 26.2 Å². The zero-order chi connectivity index (χ0) is 59.7. The molecule has 4 atom stereocenters. The normalized spacial score (nSPS) is 18.7. The number of carbonyl (C=O) groups is 8. The number of benzene rings is 4. The quantitative estimate of drug-likeness (QED) is 0.0955. The first-order valence-corrected chi connectivity index (χ1v) is 24.1. The average molecular weight is 1350 g/mol. The molecule has 0 aliphatic carbocycles. The minimum atomic E-state index is -4.46. The van der Waals surface area contributed by atoms with Gasteiger partial charge in [-0.15, -0.1) is 0 Å². The van der Waals surface area contributed by atoms with Gasteiger partial charge in [-0.3, -0.25) is 19.2 Å². The van der Waals surface area contributed by atoms with E-state index in [0.717, 1.165) is 97.1 Å². The SMILES string of the molecule is O=C(O)[C@@H]1CCCN1C(=O)c1ccc(C(F)(F)F)cc1.O=C(O)[C@@H]1CCCN1C(=O)c1ccc(C(F)(F)F)cc1.O=C(O)[C@@H]1CCCN1C(=O)c1ccc(C(F)(F)F)cc1.O=C(O)[C@@H]1CCCN1C(=O)c1ccc(C(F)(F)F)cc1.[Rh].[Rh]. The smallest absolute Gasteiger partial charge is 0.416 e. The number of carbonyl (C=O) groups excluding carboxylic acids is 4. The second kappa shape index (κ2) is 28.8. The number of carboxylic acids is 4. The van der Waals surface area contributed by atoms with E-state index >= 15 is 0 Å². The summed E-state index contributed by atoms with van der Waals surface area (Å²) >= 11 is 0. The molecule has 30 heteroatoms. The molecule has 4 aromatic carbocycles. The van der Waals surface area contributed by atoms with Crippen molar-refractivity contribution in [1.82, 2.24) is 19.6 Å². The number of hydrogen-bond acceptors (Lipinski definition) is 8. The van der Waals surface area contributed by atoms with Crippen LogP contribution < -0.4 is 0 Å². The second-order valence-electron chi connectivity index (χ2n) is 18.3. The summed E-state index contributed by atoms with van der Waals surface area (Å²) < 4.78 is 149. The molecule has 8 rings (SSSR count). The van der Waals surface area contributed by atoms with Crippen molar-refractivity contribution in [3.8, 4) is 0 Å². The van der Waals surface area contributed by atoms with Crippen molar-refractivity contribution in [2.45, 2.75) is 100 Å². The van der Waals surface area contributed by atoms with Crippen LogP contribution in [-0.4, -0.2) is 138 Å². The molecule has 4 N–H and O–H groups in total. The Hall–Kier alpha value is -6.95. The molecule has 4 aromatic rings. The second-order valence-corrected chi connectivity index (χ2v) is 18.3. The van der Waals surface area contributed by atoms with E-state index in [9.17, 15) is 91.0 Å². The maximum absolute atomic E-state index is 12.4. The first kappa shape index (κ1) is 69.3. The van der Waals surface area contributed by atoms with Crippen molar-refractivity contribution in [3.63, 3.8) is 0 Å². The van der Waals surface area contributed by atoms with Gasteiger partial charge in [-0.25, -0.2) is 19.2 Å². The molecule has 4 saturated heterocycles. The number of rotatable bonds is 8. The summed E-state index contributed by atoms with van der Waals surface area (Å²) in [5.74, 6) is -6.59. The van der Waals surface area contributed by atoms with Gasteiger partial charge in [-0.05, 0) is 148 Å². The number of carboxylic acid groups (broad SMARTS) is 4. The summed E-state index contributed by atoms with van der Waals surface area (Å²) in [4.78, 5) is 97.1. The molecule has 0 saturated carbocycles. The molecule has 4 heterocycles. The Morgan fingerprint density at radius 3 is 0.573 bits per heavy atom. The van der Waals surface area contributed by atoms with Crippen molar-refractivity contribution in [2.24, 2.45) is 0 Å². The number of alkyl halides is 12. The number of likely N-dealkylation sites (tertiary alicyclic amines) is 4. The van der Waals surface area contributed by atoms with Gasteiger partial charge in [0.2, 0.25) is 0 Å². The molecule has 4 aliphatic rings. The summed E-state index contributed by atoms with van der Waals surface area (Å²) in [6.45, 7) is 1.21. The third-order valence-corrected chi connectivity index (χ3v) is 13.0. The molecular weight excluding hydrogens is 1310 g/mol. The molecule has 82 heavy (non-hydrogen) atoms. The maximum atomic E-state index is 12.4. The predicted molar refractivity (Wildman–Crippen MR) is 253 cm³/mol. The zero-order valence-electron chi connectivity index (χ0n) is 42.1. The fraction of sp³-hybridized carbons (Fsp3) is 0.385. The Kier molecular flexibility index (Phi) is 24.4. The molecule has 4 fully saturated rings. The maximum Gasteiger partial charge on any atom is 0.416 e. The van der Waals surface area contributed by atoms with E-state index < -0.39 is 119 Å². The van der Waals surface area contributed by atoms with E-state index in [1.165, 1.54) is 19.6 Å². The third-order valence-electron chi connectivity index (χ3n) is 13.0. The zero-order valence-corrected chi connectivity index (χ0v) is 45.4. The van der Waals surface area contributed by atoms with Crippen LogP contribution in [0.1, 0.15) is 115 Å². The minimum absolute atomic E-state index is 0. The van der Waals surface area contributed by atoms with Crippen LogP contribution in [0.5, 0.6) is 0 Å². The molecule has 0 spiro atoms. The van der Waals surface area contributed by atoms with Crippen LogP contribution in [0.15, 0.2) is 97.1 Å². The van der Waals surface area contributed by atoms with Gasteiger partial charge in [-0.1, -0.05) is 0 Å². The fourth-order valence-electron chi connectivity index (χ4n) is 8.94. The van der Waals surface area contributed by atoms with Crippen LogP contribution in [0.2, 0.25) is 0 Å². The van der Waals surface area contributed by atoms with Gasteiger partial charge in [0.1, 0.15) is 24.2 Å². The van der Waals surface area contributed by atoms with Gasteiger partial charge < -0.3 is 40.0 Å². The van der Waals surface area contributed by atoms with Gasteiger partial charge in [0, 0.05) is 87.4 Å². The first-order chi connectivity index (χ1) is 37.2. The molecule has 4 aliphatic heterocycles. The molecule has 4 amide bonds.